The van der Waals surface area contributed by atoms with Gasteiger partial charge in [-0.05, 0) is 59.4 Å². The maximum Gasteiger partial charge on any atom is 0.00929 e. The SMILES string of the molecule is CCN(C)C(C)C1CCN(C)CC1. The molecular formula is C11H24N2. The Kier molecular flexibility index (Phi) is 4.20. The van der Waals surface area contributed by atoms with E-state index >= 15 is 0 Å². The lowest BCUT2D eigenvalue weighted by Crippen LogP contribution is -2.41. The summed E-state index contributed by atoms with van der Waals surface area (Å²) < 4.78 is 0. The summed E-state index contributed by atoms with van der Waals surface area (Å²) >= 11 is 0. The predicted molar refractivity (Wildman–Crippen MR) is 58.0 cm³/mol. The molecule has 0 aliphatic carbocycles. The van der Waals surface area contributed by atoms with E-state index in [0.29, 0.717) is 0 Å². The van der Waals surface area contributed by atoms with Crippen molar-refractivity contribution in [1.82, 2.24) is 9.80 Å². The van der Waals surface area contributed by atoms with Crippen molar-refractivity contribution >= 4 is 0 Å². The molecule has 1 fully saturated rings. The fraction of sp³-hybridized carbons (Fsp3) is 1.00. The van der Waals surface area contributed by atoms with E-state index in [0.717, 1.165) is 12.0 Å². The minimum atomic E-state index is 0.763. The Balaban J connectivity index is 2.35. The van der Waals surface area contributed by atoms with Crippen LogP contribution < -0.4 is 0 Å². The second kappa shape index (κ2) is 4.97. The first-order valence-electron chi connectivity index (χ1n) is 5.54. The second-order valence-electron chi connectivity index (χ2n) is 4.45. The molecule has 1 aliphatic heterocycles. The minimum Gasteiger partial charge on any atom is -0.306 e. The van der Waals surface area contributed by atoms with Gasteiger partial charge in [-0.3, -0.25) is 0 Å². The summed E-state index contributed by atoms with van der Waals surface area (Å²) in [6, 6.07) is 0.763. The number of piperidine rings is 1. The van der Waals surface area contributed by atoms with Crippen LogP contribution in [0.5, 0.6) is 0 Å². The van der Waals surface area contributed by atoms with E-state index < -0.39 is 0 Å². The summed E-state index contributed by atoms with van der Waals surface area (Å²) in [5, 5.41) is 0. The molecular weight excluding hydrogens is 160 g/mol. The summed E-state index contributed by atoms with van der Waals surface area (Å²) in [6.07, 6.45) is 2.75. The van der Waals surface area contributed by atoms with Gasteiger partial charge in [0.2, 0.25) is 0 Å². The van der Waals surface area contributed by atoms with Crippen LogP contribution in [0.1, 0.15) is 26.7 Å². The van der Waals surface area contributed by atoms with Gasteiger partial charge in [0, 0.05) is 6.04 Å². The molecule has 0 radical (unpaired) electrons. The zero-order valence-electron chi connectivity index (χ0n) is 9.58. The molecule has 1 rings (SSSR count). The molecule has 13 heavy (non-hydrogen) atoms. The first kappa shape index (κ1) is 11.0. The average molecular weight is 184 g/mol. The standard InChI is InChI=1S/C11H24N2/c1-5-13(4)10(2)11-6-8-12(3)9-7-11/h10-11H,5-9H2,1-4H3. The summed E-state index contributed by atoms with van der Waals surface area (Å²) in [6.45, 7) is 8.36. The van der Waals surface area contributed by atoms with E-state index in [9.17, 15) is 0 Å². The highest BCUT2D eigenvalue weighted by molar-refractivity contribution is 4.78. The Bertz CT molecular complexity index is 139. The highest BCUT2D eigenvalue weighted by Crippen LogP contribution is 2.22. The van der Waals surface area contributed by atoms with E-state index in [-0.39, 0.29) is 0 Å². The molecule has 0 bridgehead atoms. The topological polar surface area (TPSA) is 6.48 Å². The van der Waals surface area contributed by atoms with Crippen LogP contribution in [0.3, 0.4) is 0 Å². The molecule has 0 aromatic rings. The fourth-order valence-electron chi connectivity index (χ4n) is 2.16. The smallest absolute Gasteiger partial charge is 0.00929 e. The van der Waals surface area contributed by atoms with Crippen molar-refractivity contribution < 1.29 is 0 Å². The Morgan fingerprint density at radius 1 is 1.38 bits per heavy atom. The quantitative estimate of drug-likeness (QED) is 0.658. The molecule has 1 atom stereocenters. The Morgan fingerprint density at radius 3 is 2.38 bits per heavy atom. The third-order valence-electron chi connectivity index (χ3n) is 3.64. The van der Waals surface area contributed by atoms with Crippen molar-refractivity contribution in [3.63, 3.8) is 0 Å². The van der Waals surface area contributed by atoms with Crippen molar-refractivity contribution in [2.75, 3.05) is 33.7 Å². The van der Waals surface area contributed by atoms with Crippen LogP contribution in [0.25, 0.3) is 0 Å². The zero-order valence-corrected chi connectivity index (χ0v) is 9.58. The third-order valence-corrected chi connectivity index (χ3v) is 3.64. The first-order valence-corrected chi connectivity index (χ1v) is 5.54. The number of hydrogen-bond acceptors (Lipinski definition) is 2. The van der Waals surface area contributed by atoms with Gasteiger partial charge in [-0.25, -0.2) is 0 Å². The summed E-state index contributed by atoms with van der Waals surface area (Å²) in [7, 11) is 4.47. The highest BCUT2D eigenvalue weighted by atomic mass is 15.1. The normalized spacial score (nSPS) is 23.8. The van der Waals surface area contributed by atoms with E-state index in [1.165, 1.54) is 32.5 Å². The molecule has 0 aromatic carbocycles. The molecule has 1 aliphatic rings. The van der Waals surface area contributed by atoms with Gasteiger partial charge in [0.1, 0.15) is 0 Å². The predicted octanol–water partition coefficient (Wildman–Crippen LogP) is 1.67. The van der Waals surface area contributed by atoms with Gasteiger partial charge < -0.3 is 9.80 Å². The number of hydrogen-bond donors (Lipinski definition) is 0. The molecule has 0 amide bonds. The lowest BCUT2D eigenvalue weighted by atomic mass is 9.90. The molecule has 0 saturated carbocycles. The maximum absolute atomic E-state index is 2.47. The average Bonchev–Trinajstić information content (AvgIpc) is 2.17. The highest BCUT2D eigenvalue weighted by Gasteiger charge is 2.23. The lowest BCUT2D eigenvalue weighted by Gasteiger charge is -2.36. The summed E-state index contributed by atoms with van der Waals surface area (Å²) in [4.78, 5) is 4.91. The van der Waals surface area contributed by atoms with Crippen molar-refractivity contribution in [2.24, 2.45) is 5.92 Å². The van der Waals surface area contributed by atoms with Crippen LogP contribution >= 0.6 is 0 Å². The largest absolute Gasteiger partial charge is 0.306 e. The molecule has 0 spiro atoms. The van der Waals surface area contributed by atoms with Gasteiger partial charge in [0.05, 0.1) is 0 Å². The van der Waals surface area contributed by atoms with Gasteiger partial charge in [0.25, 0.3) is 0 Å². The molecule has 1 saturated heterocycles. The first-order chi connectivity index (χ1) is 6.15. The molecule has 0 N–H and O–H groups in total. The maximum atomic E-state index is 2.47. The van der Waals surface area contributed by atoms with Gasteiger partial charge in [-0.2, -0.15) is 0 Å². The van der Waals surface area contributed by atoms with Crippen LogP contribution in [-0.2, 0) is 0 Å². The lowest BCUT2D eigenvalue weighted by molar-refractivity contribution is 0.129. The number of nitrogens with zero attached hydrogens (tertiary/aromatic N) is 2. The minimum absolute atomic E-state index is 0.763. The van der Waals surface area contributed by atoms with E-state index in [1.54, 1.807) is 0 Å². The van der Waals surface area contributed by atoms with Crippen LogP contribution in [-0.4, -0.2) is 49.6 Å². The van der Waals surface area contributed by atoms with Crippen LogP contribution in [0.4, 0.5) is 0 Å². The Labute approximate surface area is 82.9 Å². The second-order valence-corrected chi connectivity index (χ2v) is 4.45. The van der Waals surface area contributed by atoms with Gasteiger partial charge >= 0.3 is 0 Å². The molecule has 78 valence electrons. The monoisotopic (exact) mass is 184 g/mol. The van der Waals surface area contributed by atoms with E-state index in [1.807, 2.05) is 0 Å². The van der Waals surface area contributed by atoms with Gasteiger partial charge in [-0.15, -0.1) is 0 Å². The van der Waals surface area contributed by atoms with Crippen molar-refractivity contribution in [3.8, 4) is 0 Å². The van der Waals surface area contributed by atoms with Gasteiger partial charge in [-0.1, -0.05) is 6.92 Å². The number of likely N-dealkylation sites (tertiary alicyclic amines) is 1. The van der Waals surface area contributed by atoms with Crippen molar-refractivity contribution in [3.05, 3.63) is 0 Å². The molecule has 1 unspecified atom stereocenters. The zero-order chi connectivity index (χ0) is 9.84. The Hall–Kier alpha value is -0.0800. The van der Waals surface area contributed by atoms with Crippen molar-refractivity contribution in [1.29, 1.82) is 0 Å². The van der Waals surface area contributed by atoms with Crippen LogP contribution in [0.15, 0.2) is 0 Å². The Morgan fingerprint density at radius 2 is 1.92 bits per heavy atom. The van der Waals surface area contributed by atoms with E-state index in [2.05, 4.69) is 37.7 Å². The van der Waals surface area contributed by atoms with Crippen LogP contribution in [0, 0.1) is 5.92 Å². The molecule has 2 heteroatoms. The third kappa shape index (κ3) is 2.96. The van der Waals surface area contributed by atoms with Crippen molar-refractivity contribution in [2.45, 2.75) is 32.7 Å². The van der Waals surface area contributed by atoms with Crippen LogP contribution in [0.2, 0.25) is 0 Å². The molecule has 2 nitrogen and oxygen atoms in total. The van der Waals surface area contributed by atoms with E-state index in [4.69, 9.17) is 0 Å². The number of rotatable bonds is 3. The molecule has 0 aromatic heterocycles. The fourth-order valence-corrected chi connectivity index (χ4v) is 2.16. The summed E-state index contributed by atoms with van der Waals surface area (Å²) in [5.74, 6) is 0.918. The summed E-state index contributed by atoms with van der Waals surface area (Å²) in [5.41, 5.74) is 0. The molecule has 1 heterocycles. The van der Waals surface area contributed by atoms with Gasteiger partial charge in [0.15, 0.2) is 0 Å².